The molecule has 17 heavy (non-hydrogen) atoms. The van der Waals surface area contributed by atoms with Gasteiger partial charge in [0.2, 0.25) is 0 Å². The van der Waals surface area contributed by atoms with E-state index in [0.29, 0.717) is 13.2 Å². The third-order valence-corrected chi connectivity index (χ3v) is 3.08. The number of benzene rings is 1. The maximum Gasteiger partial charge on any atom is 0.0923 e. The molecule has 0 aliphatic carbocycles. The van der Waals surface area contributed by atoms with E-state index < -0.39 is 0 Å². The molecule has 1 atom stereocenters. The Kier molecular flexibility index (Phi) is 7.86. The second-order valence-electron chi connectivity index (χ2n) is 3.68. The van der Waals surface area contributed by atoms with E-state index in [1.807, 2.05) is 24.3 Å². The number of ether oxygens (including phenoxy) is 2. The molecular weight excluding hydrogens is 303 g/mol. The monoisotopic (exact) mass is 320 g/mol. The lowest BCUT2D eigenvalue weighted by Crippen LogP contribution is -2.11. The Bertz CT molecular complexity index is 320. The van der Waals surface area contributed by atoms with Gasteiger partial charge in [0.25, 0.3) is 0 Å². The van der Waals surface area contributed by atoms with Crippen LogP contribution < -0.4 is 0 Å². The van der Waals surface area contributed by atoms with Crippen molar-refractivity contribution in [3.63, 3.8) is 0 Å². The maximum atomic E-state index is 5.95. The molecule has 0 amide bonds. The molecule has 0 bridgehead atoms. The molecule has 1 unspecified atom stereocenters. The van der Waals surface area contributed by atoms with Crippen LogP contribution >= 0.6 is 27.5 Å². The number of alkyl halides is 1. The second kappa shape index (κ2) is 8.92. The van der Waals surface area contributed by atoms with E-state index in [4.69, 9.17) is 21.1 Å². The topological polar surface area (TPSA) is 18.5 Å². The summed E-state index contributed by atoms with van der Waals surface area (Å²) in [6, 6.07) is 7.75. The number of hydrogen-bond donors (Lipinski definition) is 0. The normalized spacial score (nSPS) is 12.6. The Morgan fingerprint density at radius 1 is 1.29 bits per heavy atom. The van der Waals surface area contributed by atoms with Crippen molar-refractivity contribution >= 4 is 27.5 Å². The third kappa shape index (κ3) is 5.87. The summed E-state index contributed by atoms with van der Waals surface area (Å²) in [5, 5.41) is 1.49. The van der Waals surface area contributed by atoms with Gasteiger partial charge in [-0.3, -0.25) is 0 Å². The highest BCUT2D eigenvalue weighted by molar-refractivity contribution is 9.09. The molecule has 1 rings (SSSR count). The molecule has 1 aromatic carbocycles. The molecule has 4 heteroatoms. The summed E-state index contributed by atoms with van der Waals surface area (Å²) in [4.78, 5) is 0. The van der Waals surface area contributed by atoms with Crippen molar-refractivity contribution < 1.29 is 9.47 Å². The lowest BCUT2D eigenvalue weighted by molar-refractivity contribution is 0.0141. The minimum Gasteiger partial charge on any atom is -0.379 e. The molecular formula is C13H18BrClO2. The molecule has 0 aromatic heterocycles. The molecule has 0 aliphatic rings. The molecule has 0 spiro atoms. The number of halogens is 2. The maximum absolute atomic E-state index is 5.95. The van der Waals surface area contributed by atoms with Gasteiger partial charge in [0, 0.05) is 17.0 Å². The van der Waals surface area contributed by atoms with Crippen LogP contribution in [0.4, 0.5) is 0 Å². The highest BCUT2D eigenvalue weighted by Gasteiger charge is 2.10. The lowest BCUT2D eigenvalue weighted by Gasteiger charge is -2.16. The quantitative estimate of drug-likeness (QED) is 0.527. The lowest BCUT2D eigenvalue weighted by atomic mass is 10.1. The second-order valence-corrected chi connectivity index (χ2v) is 4.77. The van der Waals surface area contributed by atoms with Crippen molar-refractivity contribution in [2.24, 2.45) is 0 Å². The predicted molar refractivity (Wildman–Crippen MR) is 75.0 cm³/mol. The average molecular weight is 322 g/mol. The molecule has 0 fully saturated rings. The van der Waals surface area contributed by atoms with Crippen LogP contribution in [0.15, 0.2) is 24.3 Å². The van der Waals surface area contributed by atoms with Gasteiger partial charge in [-0.15, -0.1) is 0 Å². The van der Waals surface area contributed by atoms with Gasteiger partial charge in [-0.1, -0.05) is 46.6 Å². The zero-order valence-electron chi connectivity index (χ0n) is 9.99. The summed E-state index contributed by atoms with van der Waals surface area (Å²) < 4.78 is 11.1. The van der Waals surface area contributed by atoms with E-state index in [9.17, 15) is 0 Å². The Morgan fingerprint density at radius 3 is 2.76 bits per heavy atom. The first-order chi connectivity index (χ1) is 8.27. The minimum absolute atomic E-state index is 0.0268. The number of hydrogen-bond acceptors (Lipinski definition) is 2. The van der Waals surface area contributed by atoms with E-state index in [0.717, 1.165) is 28.9 Å². The zero-order chi connectivity index (χ0) is 12.5. The summed E-state index contributed by atoms with van der Waals surface area (Å²) in [5.74, 6) is 0. The highest BCUT2D eigenvalue weighted by atomic mass is 79.9. The van der Waals surface area contributed by atoms with Gasteiger partial charge in [0.1, 0.15) is 0 Å². The summed E-state index contributed by atoms with van der Waals surface area (Å²) in [6.07, 6.45) is 1.06. The van der Waals surface area contributed by atoms with Gasteiger partial charge in [-0.2, -0.15) is 0 Å². The fourth-order valence-electron chi connectivity index (χ4n) is 1.43. The van der Waals surface area contributed by atoms with Gasteiger partial charge < -0.3 is 9.47 Å². The van der Waals surface area contributed by atoms with Gasteiger partial charge in [0.05, 0.1) is 19.3 Å². The van der Waals surface area contributed by atoms with E-state index in [1.165, 1.54) is 0 Å². The summed E-state index contributed by atoms with van der Waals surface area (Å²) in [7, 11) is 0. The number of rotatable bonds is 8. The first-order valence-electron chi connectivity index (χ1n) is 5.78. The fraction of sp³-hybridized carbons (Fsp3) is 0.538. The Morgan fingerprint density at radius 2 is 2.12 bits per heavy atom. The molecule has 96 valence electrons. The SMILES string of the molecule is CCCOCCOC(CBr)c1cccc(Cl)c1. The van der Waals surface area contributed by atoms with E-state index in [1.54, 1.807) is 0 Å². The average Bonchev–Trinajstić information content (AvgIpc) is 2.34. The molecule has 0 saturated carbocycles. The molecule has 0 saturated heterocycles. The van der Waals surface area contributed by atoms with Crippen LogP contribution in [0.5, 0.6) is 0 Å². The summed E-state index contributed by atoms with van der Waals surface area (Å²) in [5.41, 5.74) is 1.09. The smallest absolute Gasteiger partial charge is 0.0923 e. The highest BCUT2D eigenvalue weighted by Crippen LogP contribution is 2.22. The molecule has 2 nitrogen and oxygen atoms in total. The predicted octanol–water partition coefficient (Wildman–Crippen LogP) is 4.22. The summed E-state index contributed by atoms with van der Waals surface area (Å²) >= 11 is 9.40. The van der Waals surface area contributed by atoms with E-state index in [-0.39, 0.29) is 6.10 Å². The zero-order valence-corrected chi connectivity index (χ0v) is 12.3. The van der Waals surface area contributed by atoms with Crippen LogP contribution in [-0.4, -0.2) is 25.2 Å². The van der Waals surface area contributed by atoms with Crippen molar-refractivity contribution in [1.29, 1.82) is 0 Å². The van der Waals surface area contributed by atoms with Crippen LogP contribution in [0.1, 0.15) is 25.0 Å². The standard InChI is InChI=1S/C13H18BrClO2/c1-2-6-16-7-8-17-13(10-14)11-4-3-5-12(15)9-11/h3-5,9,13H,2,6-8,10H2,1H3. The molecule has 1 aromatic rings. The van der Waals surface area contributed by atoms with E-state index in [2.05, 4.69) is 22.9 Å². The van der Waals surface area contributed by atoms with Crippen LogP contribution in [0, 0.1) is 0 Å². The van der Waals surface area contributed by atoms with Crippen LogP contribution in [-0.2, 0) is 9.47 Å². The van der Waals surface area contributed by atoms with Crippen molar-refractivity contribution in [2.45, 2.75) is 19.4 Å². The largest absolute Gasteiger partial charge is 0.379 e. The molecule has 0 heterocycles. The van der Waals surface area contributed by atoms with Gasteiger partial charge in [0.15, 0.2) is 0 Å². The Labute approximate surface area is 116 Å². The van der Waals surface area contributed by atoms with Crippen molar-refractivity contribution in [3.05, 3.63) is 34.9 Å². The first-order valence-corrected chi connectivity index (χ1v) is 7.28. The molecule has 0 N–H and O–H groups in total. The third-order valence-electron chi connectivity index (χ3n) is 2.26. The van der Waals surface area contributed by atoms with Crippen LogP contribution in [0.2, 0.25) is 5.02 Å². The Hall–Kier alpha value is -0.0900. The van der Waals surface area contributed by atoms with Crippen molar-refractivity contribution in [2.75, 3.05) is 25.2 Å². The van der Waals surface area contributed by atoms with Crippen LogP contribution in [0.25, 0.3) is 0 Å². The first kappa shape index (κ1) is 15.0. The van der Waals surface area contributed by atoms with Gasteiger partial charge in [-0.05, 0) is 24.1 Å². The minimum atomic E-state index is 0.0268. The molecule has 0 radical (unpaired) electrons. The summed E-state index contributed by atoms with van der Waals surface area (Å²) in [6.45, 7) is 4.12. The molecule has 0 aliphatic heterocycles. The van der Waals surface area contributed by atoms with E-state index >= 15 is 0 Å². The van der Waals surface area contributed by atoms with Crippen molar-refractivity contribution in [3.8, 4) is 0 Å². The van der Waals surface area contributed by atoms with Crippen molar-refractivity contribution in [1.82, 2.24) is 0 Å². The fourth-order valence-corrected chi connectivity index (χ4v) is 2.19. The Balaban J connectivity index is 2.38. The van der Waals surface area contributed by atoms with Crippen LogP contribution in [0.3, 0.4) is 0 Å². The van der Waals surface area contributed by atoms with Gasteiger partial charge >= 0.3 is 0 Å². The van der Waals surface area contributed by atoms with Gasteiger partial charge in [-0.25, -0.2) is 0 Å².